The van der Waals surface area contributed by atoms with Crippen molar-refractivity contribution in [3.8, 4) is 0 Å². The number of nitrogens with two attached hydrogens (primary N) is 2. The molecule has 0 saturated carbocycles. The van der Waals surface area contributed by atoms with Crippen LogP contribution in [0.1, 0.15) is 37.3 Å². The molecule has 112 valence electrons. The van der Waals surface area contributed by atoms with E-state index in [2.05, 4.69) is 0 Å². The van der Waals surface area contributed by atoms with Crippen molar-refractivity contribution in [2.75, 3.05) is 0 Å². The van der Waals surface area contributed by atoms with Crippen LogP contribution in [-0.4, -0.2) is 17.4 Å². The van der Waals surface area contributed by atoms with Crippen molar-refractivity contribution < 1.29 is 14.3 Å². The molecule has 2 amide bonds. The van der Waals surface area contributed by atoms with Gasteiger partial charge in [0.25, 0.3) is 5.91 Å². The summed E-state index contributed by atoms with van der Waals surface area (Å²) in [4.78, 5) is 23.2. The number of primary amides is 2. The van der Waals surface area contributed by atoms with Crippen LogP contribution >= 0.6 is 0 Å². The first-order valence-electron chi connectivity index (χ1n) is 6.83. The second-order valence-electron chi connectivity index (χ2n) is 5.71. The Hall–Kier alpha value is -2.30. The van der Waals surface area contributed by atoms with Crippen LogP contribution in [0.4, 0.5) is 0 Å². The van der Waals surface area contributed by atoms with Crippen molar-refractivity contribution in [3.63, 3.8) is 0 Å². The number of benzene rings is 1. The van der Waals surface area contributed by atoms with E-state index in [0.717, 1.165) is 11.1 Å². The molecule has 1 aromatic carbocycles. The van der Waals surface area contributed by atoms with Gasteiger partial charge in [-0.05, 0) is 19.4 Å². The van der Waals surface area contributed by atoms with Crippen molar-refractivity contribution >= 4 is 11.8 Å². The maximum absolute atomic E-state index is 11.6. The van der Waals surface area contributed by atoms with Gasteiger partial charge in [-0.25, -0.2) is 0 Å². The SMILES string of the molecule is Cc1ccc(C(C)C2=C(C(N)=O)CC(C)(C(N)=O)O2)cc1. The van der Waals surface area contributed by atoms with Gasteiger partial charge in [-0.15, -0.1) is 0 Å². The zero-order valence-corrected chi connectivity index (χ0v) is 12.5. The highest BCUT2D eigenvalue weighted by Gasteiger charge is 2.44. The van der Waals surface area contributed by atoms with E-state index in [9.17, 15) is 9.59 Å². The molecule has 0 fully saturated rings. The van der Waals surface area contributed by atoms with Crippen LogP contribution in [0.2, 0.25) is 0 Å². The molecule has 0 bridgehead atoms. The zero-order valence-electron chi connectivity index (χ0n) is 12.5. The number of allylic oxidation sites excluding steroid dienone is 1. The summed E-state index contributed by atoms with van der Waals surface area (Å²) in [6.45, 7) is 5.49. The smallest absolute Gasteiger partial charge is 0.261 e. The highest BCUT2D eigenvalue weighted by Crippen LogP contribution is 2.40. The first-order valence-corrected chi connectivity index (χ1v) is 6.83. The van der Waals surface area contributed by atoms with E-state index >= 15 is 0 Å². The Kier molecular flexibility index (Phi) is 3.77. The lowest BCUT2D eigenvalue weighted by Crippen LogP contribution is -2.41. The lowest BCUT2D eigenvalue weighted by Gasteiger charge is -2.23. The summed E-state index contributed by atoms with van der Waals surface area (Å²) < 4.78 is 5.73. The van der Waals surface area contributed by atoms with Crippen LogP contribution in [0, 0.1) is 6.92 Å². The molecule has 2 atom stereocenters. The van der Waals surface area contributed by atoms with Crippen molar-refractivity contribution in [2.24, 2.45) is 11.5 Å². The molecule has 5 nitrogen and oxygen atoms in total. The third-order valence-corrected chi connectivity index (χ3v) is 3.94. The average Bonchev–Trinajstić information content (AvgIpc) is 2.79. The van der Waals surface area contributed by atoms with E-state index in [1.54, 1.807) is 6.92 Å². The molecule has 4 N–H and O–H groups in total. The lowest BCUT2D eigenvalue weighted by molar-refractivity contribution is -0.134. The summed E-state index contributed by atoms with van der Waals surface area (Å²) in [6.07, 6.45) is 0.114. The summed E-state index contributed by atoms with van der Waals surface area (Å²) in [5.74, 6) is -0.914. The summed E-state index contributed by atoms with van der Waals surface area (Å²) in [5, 5.41) is 0. The van der Waals surface area contributed by atoms with Gasteiger partial charge in [0.05, 0.1) is 5.57 Å². The summed E-state index contributed by atoms with van der Waals surface area (Å²) in [6, 6.07) is 7.90. The fourth-order valence-electron chi connectivity index (χ4n) is 2.47. The second-order valence-corrected chi connectivity index (χ2v) is 5.71. The number of hydrogen-bond donors (Lipinski definition) is 2. The second kappa shape index (κ2) is 5.24. The van der Waals surface area contributed by atoms with Gasteiger partial charge < -0.3 is 16.2 Å². The van der Waals surface area contributed by atoms with E-state index in [1.165, 1.54) is 0 Å². The number of rotatable bonds is 4. The molecule has 2 rings (SSSR count). The third-order valence-electron chi connectivity index (χ3n) is 3.94. The summed E-state index contributed by atoms with van der Waals surface area (Å²) in [5.41, 5.74) is 12.1. The van der Waals surface area contributed by atoms with E-state index in [1.807, 2.05) is 38.1 Å². The monoisotopic (exact) mass is 288 g/mol. The molecule has 1 aromatic rings. The Bertz CT molecular complexity index is 619. The first kappa shape index (κ1) is 15.1. The first-order chi connectivity index (χ1) is 9.74. The van der Waals surface area contributed by atoms with Gasteiger partial charge in [0.1, 0.15) is 5.76 Å². The van der Waals surface area contributed by atoms with Crippen LogP contribution < -0.4 is 11.5 Å². The molecule has 0 spiro atoms. The number of amides is 2. The van der Waals surface area contributed by atoms with Gasteiger partial charge in [-0.1, -0.05) is 36.8 Å². The van der Waals surface area contributed by atoms with Crippen molar-refractivity contribution in [3.05, 3.63) is 46.7 Å². The van der Waals surface area contributed by atoms with Gasteiger partial charge >= 0.3 is 0 Å². The number of aryl methyl sites for hydroxylation is 1. The number of carbonyl (C=O) groups is 2. The fraction of sp³-hybridized carbons (Fsp3) is 0.375. The minimum atomic E-state index is -1.21. The zero-order chi connectivity index (χ0) is 15.8. The van der Waals surface area contributed by atoms with E-state index in [0.29, 0.717) is 11.3 Å². The van der Waals surface area contributed by atoms with Crippen molar-refractivity contribution in [1.82, 2.24) is 0 Å². The topological polar surface area (TPSA) is 95.4 Å². The molecule has 1 aliphatic rings. The molecule has 2 unspecified atom stereocenters. The Balaban J connectivity index is 2.39. The van der Waals surface area contributed by atoms with Gasteiger partial charge in [0, 0.05) is 12.3 Å². The van der Waals surface area contributed by atoms with Crippen LogP contribution in [0.3, 0.4) is 0 Å². The Morgan fingerprint density at radius 1 is 1.24 bits per heavy atom. The Labute approximate surface area is 124 Å². The molecule has 1 heterocycles. The predicted octanol–water partition coefficient (Wildman–Crippen LogP) is 1.50. The van der Waals surface area contributed by atoms with Gasteiger partial charge in [-0.3, -0.25) is 9.59 Å². The number of carbonyl (C=O) groups excluding carboxylic acids is 2. The third kappa shape index (κ3) is 2.77. The largest absolute Gasteiger partial charge is 0.481 e. The lowest BCUT2D eigenvalue weighted by atomic mass is 9.93. The van der Waals surface area contributed by atoms with Crippen molar-refractivity contribution in [2.45, 2.75) is 38.7 Å². The van der Waals surface area contributed by atoms with Gasteiger partial charge in [-0.2, -0.15) is 0 Å². The molecule has 1 aliphatic heterocycles. The van der Waals surface area contributed by atoms with Gasteiger partial charge in [0.15, 0.2) is 5.60 Å². The van der Waals surface area contributed by atoms with Crippen molar-refractivity contribution in [1.29, 1.82) is 0 Å². The molecule has 0 aliphatic carbocycles. The van der Waals surface area contributed by atoms with Crippen LogP contribution in [0.25, 0.3) is 0 Å². The highest BCUT2D eigenvalue weighted by molar-refractivity contribution is 5.96. The number of hydrogen-bond acceptors (Lipinski definition) is 3. The van der Waals surface area contributed by atoms with Gasteiger partial charge in [0.2, 0.25) is 5.91 Å². The maximum atomic E-state index is 11.6. The van der Waals surface area contributed by atoms with Crippen LogP contribution in [0.15, 0.2) is 35.6 Å². The molecule has 21 heavy (non-hydrogen) atoms. The fourth-order valence-corrected chi connectivity index (χ4v) is 2.47. The van der Waals surface area contributed by atoms with Crippen LogP contribution in [-0.2, 0) is 14.3 Å². The minimum absolute atomic E-state index is 0.114. The number of ether oxygens (including phenoxy) is 1. The minimum Gasteiger partial charge on any atom is -0.481 e. The molecule has 0 radical (unpaired) electrons. The maximum Gasteiger partial charge on any atom is 0.261 e. The Morgan fingerprint density at radius 3 is 2.29 bits per heavy atom. The van der Waals surface area contributed by atoms with E-state index < -0.39 is 17.4 Å². The molecule has 0 aromatic heterocycles. The van der Waals surface area contributed by atoms with E-state index in [4.69, 9.17) is 16.2 Å². The molecular weight excluding hydrogens is 268 g/mol. The Morgan fingerprint density at radius 2 is 1.81 bits per heavy atom. The standard InChI is InChI=1S/C16H20N2O3/c1-9-4-6-11(7-5-9)10(2)13-12(14(17)19)8-16(3,21-13)15(18)20/h4-7,10H,8H2,1-3H3,(H2,17,19)(H2,18,20). The molecule has 5 heteroatoms. The summed E-state index contributed by atoms with van der Waals surface area (Å²) in [7, 11) is 0. The average molecular weight is 288 g/mol. The molecular formula is C16H20N2O3. The highest BCUT2D eigenvalue weighted by atomic mass is 16.5. The van der Waals surface area contributed by atoms with E-state index in [-0.39, 0.29) is 12.3 Å². The van der Waals surface area contributed by atoms with Crippen LogP contribution in [0.5, 0.6) is 0 Å². The summed E-state index contributed by atoms with van der Waals surface area (Å²) >= 11 is 0. The normalized spacial score (nSPS) is 22.8. The predicted molar refractivity (Wildman–Crippen MR) is 79.1 cm³/mol. The molecule has 0 saturated heterocycles. The quantitative estimate of drug-likeness (QED) is 0.878.